The lowest BCUT2D eigenvalue weighted by molar-refractivity contribution is 0.368. The van der Waals surface area contributed by atoms with Crippen LogP contribution in [-0.2, 0) is 13.0 Å². The third kappa shape index (κ3) is 3.69. The summed E-state index contributed by atoms with van der Waals surface area (Å²) in [4.78, 5) is 4.67. The lowest BCUT2D eigenvalue weighted by Gasteiger charge is -2.06. The number of hydrogen-bond acceptors (Lipinski definition) is 4. The highest BCUT2D eigenvalue weighted by Crippen LogP contribution is 2.31. The van der Waals surface area contributed by atoms with Crippen molar-refractivity contribution in [1.29, 1.82) is 0 Å². The highest BCUT2D eigenvalue weighted by atomic mass is 16.5. The standard InChI is InChI=1S/C21H23N5O/c1-14(2)9-17-11-18(27-25-17)12-26-13-22-20(16-7-5-4-6-8-16)21(26)19-10-15(3)23-24-19/h4-8,10-11,13-14H,9,12H2,1-3H3,(H,23,24). The highest BCUT2D eigenvalue weighted by molar-refractivity contribution is 5.76. The van der Waals surface area contributed by atoms with E-state index < -0.39 is 0 Å². The van der Waals surface area contributed by atoms with Crippen molar-refractivity contribution >= 4 is 0 Å². The van der Waals surface area contributed by atoms with Crippen LogP contribution in [0.5, 0.6) is 0 Å². The van der Waals surface area contributed by atoms with Gasteiger partial charge in [-0.25, -0.2) is 4.98 Å². The average molecular weight is 361 g/mol. The van der Waals surface area contributed by atoms with E-state index in [0.29, 0.717) is 12.5 Å². The number of benzene rings is 1. The first-order chi connectivity index (χ1) is 13.1. The molecule has 6 nitrogen and oxygen atoms in total. The van der Waals surface area contributed by atoms with Crippen molar-refractivity contribution in [3.8, 4) is 22.6 Å². The Labute approximate surface area is 158 Å². The second-order valence-electron chi connectivity index (χ2n) is 7.25. The molecule has 4 aromatic rings. The molecule has 1 N–H and O–H groups in total. The Morgan fingerprint density at radius 3 is 2.67 bits per heavy atom. The van der Waals surface area contributed by atoms with E-state index in [9.17, 15) is 0 Å². The molecule has 0 saturated carbocycles. The second kappa shape index (κ2) is 7.23. The van der Waals surface area contributed by atoms with E-state index in [2.05, 4.69) is 50.9 Å². The molecule has 1 aromatic carbocycles. The number of nitrogens with zero attached hydrogens (tertiary/aromatic N) is 4. The topological polar surface area (TPSA) is 72.5 Å². The number of hydrogen-bond donors (Lipinski definition) is 1. The molecule has 3 aromatic heterocycles. The summed E-state index contributed by atoms with van der Waals surface area (Å²) in [6, 6.07) is 14.2. The van der Waals surface area contributed by atoms with Gasteiger partial charge in [0, 0.05) is 17.3 Å². The van der Waals surface area contributed by atoms with Gasteiger partial charge < -0.3 is 9.09 Å². The highest BCUT2D eigenvalue weighted by Gasteiger charge is 2.18. The molecule has 0 bridgehead atoms. The number of nitrogens with one attached hydrogen (secondary N) is 1. The fraction of sp³-hybridized carbons (Fsp3) is 0.286. The van der Waals surface area contributed by atoms with E-state index >= 15 is 0 Å². The SMILES string of the molecule is Cc1cc(-c2c(-c3ccccc3)ncn2Cc2cc(CC(C)C)no2)n[nH]1. The number of aromatic amines is 1. The summed E-state index contributed by atoms with van der Waals surface area (Å²) in [6.07, 6.45) is 2.75. The van der Waals surface area contributed by atoms with Crippen LogP contribution in [0.1, 0.15) is 31.0 Å². The molecule has 0 fully saturated rings. The third-order valence-corrected chi connectivity index (χ3v) is 4.38. The molecule has 0 spiro atoms. The predicted molar refractivity (Wildman–Crippen MR) is 104 cm³/mol. The number of H-pyrrole nitrogens is 1. The number of imidazole rings is 1. The van der Waals surface area contributed by atoms with Crippen molar-refractivity contribution in [3.05, 3.63) is 65.9 Å². The number of aromatic nitrogens is 5. The largest absolute Gasteiger partial charge is 0.359 e. The molecule has 4 rings (SSSR count). The molecule has 27 heavy (non-hydrogen) atoms. The van der Waals surface area contributed by atoms with Crippen LogP contribution >= 0.6 is 0 Å². The van der Waals surface area contributed by atoms with Gasteiger partial charge in [-0.05, 0) is 25.3 Å². The van der Waals surface area contributed by atoms with E-state index in [4.69, 9.17) is 4.52 Å². The van der Waals surface area contributed by atoms with Crippen molar-refractivity contribution in [2.75, 3.05) is 0 Å². The summed E-state index contributed by atoms with van der Waals surface area (Å²) >= 11 is 0. The van der Waals surface area contributed by atoms with Crippen molar-refractivity contribution in [1.82, 2.24) is 24.9 Å². The smallest absolute Gasteiger partial charge is 0.156 e. The van der Waals surface area contributed by atoms with Crippen molar-refractivity contribution in [2.24, 2.45) is 5.92 Å². The summed E-state index contributed by atoms with van der Waals surface area (Å²) in [7, 11) is 0. The minimum Gasteiger partial charge on any atom is -0.359 e. The predicted octanol–water partition coefficient (Wildman–Crippen LogP) is 4.48. The maximum atomic E-state index is 5.55. The van der Waals surface area contributed by atoms with Crippen LogP contribution in [0.4, 0.5) is 0 Å². The Kier molecular flexibility index (Phi) is 4.62. The molecular formula is C21H23N5O. The van der Waals surface area contributed by atoms with Crippen molar-refractivity contribution in [2.45, 2.75) is 33.7 Å². The molecule has 0 atom stereocenters. The van der Waals surface area contributed by atoms with E-state index in [-0.39, 0.29) is 0 Å². The zero-order valence-electron chi connectivity index (χ0n) is 15.8. The molecule has 0 radical (unpaired) electrons. The molecule has 0 aliphatic rings. The molecule has 138 valence electrons. The fourth-order valence-electron chi connectivity index (χ4n) is 3.23. The van der Waals surface area contributed by atoms with Gasteiger partial charge in [-0.3, -0.25) is 5.10 Å². The fourth-order valence-corrected chi connectivity index (χ4v) is 3.23. The first-order valence-electron chi connectivity index (χ1n) is 9.17. The minimum atomic E-state index is 0.545. The lowest BCUT2D eigenvalue weighted by atomic mass is 10.1. The Balaban J connectivity index is 1.72. The Hall–Kier alpha value is -3.15. The maximum absolute atomic E-state index is 5.55. The quantitative estimate of drug-likeness (QED) is 0.549. The second-order valence-corrected chi connectivity index (χ2v) is 7.25. The maximum Gasteiger partial charge on any atom is 0.156 e. The summed E-state index contributed by atoms with van der Waals surface area (Å²) in [6.45, 7) is 6.91. The van der Waals surface area contributed by atoms with Crippen LogP contribution in [0.2, 0.25) is 0 Å². The van der Waals surface area contributed by atoms with Crippen LogP contribution in [0.15, 0.2) is 53.3 Å². The van der Waals surface area contributed by atoms with Crippen molar-refractivity contribution in [3.63, 3.8) is 0 Å². The van der Waals surface area contributed by atoms with Gasteiger partial charge in [0.2, 0.25) is 0 Å². The monoisotopic (exact) mass is 361 g/mol. The van der Waals surface area contributed by atoms with Crippen molar-refractivity contribution < 1.29 is 4.52 Å². The van der Waals surface area contributed by atoms with Crippen LogP contribution < -0.4 is 0 Å². The first-order valence-corrected chi connectivity index (χ1v) is 9.17. The first kappa shape index (κ1) is 17.3. The average Bonchev–Trinajstić information content (AvgIpc) is 3.36. The van der Waals surface area contributed by atoms with Gasteiger partial charge >= 0.3 is 0 Å². The summed E-state index contributed by atoms with van der Waals surface area (Å²) < 4.78 is 7.62. The van der Waals surface area contributed by atoms with Gasteiger partial charge in [-0.15, -0.1) is 0 Å². The summed E-state index contributed by atoms with van der Waals surface area (Å²) in [5.74, 6) is 1.36. The van der Waals surface area contributed by atoms with Gasteiger partial charge in [0.1, 0.15) is 5.69 Å². The molecule has 0 aliphatic heterocycles. The van der Waals surface area contributed by atoms with Gasteiger partial charge in [0.05, 0.1) is 30.0 Å². The zero-order valence-corrected chi connectivity index (χ0v) is 15.8. The van der Waals surface area contributed by atoms with Gasteiger partial charge in [0.15, 0.2) is 5.76 Å². The normalized spacial score (nSPS) is 11.4. The minimum absolute atomic E-state index is 0.545. The number of aryl methyl sites for hydroxylation is 1. The molecular weight excluding hydrogens is 338 g/mol. The zero-order chi connectivity index (χ0) is 18.8. The Morgan fingerprint density at radius 2 is 1.96 bits per heavy atom. The van der Waals surface area contributed by atoms with Gasteiger partial charge in [0.25, 0.3) is 0 Å². The van der Waals surface area contributed by atoms with E-state index in [1.807, 2.05) is 43.6 Å². The molecule has 6 heteroatoms. The van der Waals surface area contributed by atoms with Gasteiger partial charge in [-0.2, -0.15) is 5.10 Å². The third-order valence-electron chi connectivity index (χ3n) is 4.38. The van der Waals surface area contributed by atoms with E-state index in [1.165, 1.54) is 0 Å². The lowest BCUT2D eigenvalue weighted by Crippen LogP contribution is -2.00. The molecule has 3 heterocycles. The molecule has 0 unspecified atom stereocenters. The molecule has 0 amide bonds. The van der Waals surface area contributed by atoms with Crippen LogP contribution in [0.25, 0.3) is 22.6 Å². The summed E-state index contributed by atoms with van der Waals surface area (Å²) in [5, 5.41) is 11.7. The van der Waals surface area contributed by atoms with Crippen LogP contribution in [0, 0.1) is 12.8 Å². The van der Waals surface area contributed by atoms with E-state index in [1.54, 1.807) is 0 Å². The number of rotatable bonds is 6. The van der Waals surface area contributed by atoms with Gasteiger partial charge in [-0.1, -0.05) is 49.3 Å². The summed E-state index contributed by atoms with van der Waals surface area (Å²) in [5.41, 5.74) is 5.79. The Morgan fingerprint density at radius 1 is 1.15 bits per heavy atom. The van der Waals surface area contributed by atoms with Crippen LogP contribution in [0.3, 0.4) is 0 Å². The molecule has 0 aliphatic carbocycles. The van der Waals surface area contributed by atoms with Crippen LogP contribution in [-0.4, -0.2) is 24.9 Å². The Bertz CT molecular complexity index is 1030. The molecule has 0 saturated heterocycles. The van der Waals surface area contributed by atoms with E-state index in [0.717, 1.165) is 46.2 Å².